The van der Waals surface area contributed by atoms with E-state index in [1.807, 2.05) is 48.5 Å². The van der Waals surface area contributed by atoms with Gasteiger partial charge in [0.05, 0.1) is 12.2 Å². The Morgan fingerprint density at radius 1 is 1.09 bits per heavy atom. The number of benzene rings is 2. The standard InChI is InChI=1S/C19H23NO2S/c1-14(2)23-18-11-7-6-10-17(18)19(21)20-12-15-8-4-5-9-16(15)13-22-3/h4-11,14H,12-13H2,1-3H3,(H,20,21). The minimum atomic E-state index is -0.0408. The smallest absolute Gasteiger partial charge is 0.252 e. The van der Waals surface area contributed by atoms with Crippen LogP contribution in [0.4, 0.5) is 0 Å². The summed E-state index contributed by atoms with van der Waals surface area (Å²) < 4.78 is 5.21. The Bertz CT molecular complexity index is 655. The Labute approximate surface area is 142 Å². The van der Waals surface area contributed by atoms with Crippen molar-refractivity contribution in [2.75, 3.05) is 7.11 Å². The Morgan fingerprint density at radius 3 is 2.43 bits per heavy atom. The van der Waals surface area contributed by atoms with Gasteiger partial charge in [0.25, 0.3) is 5.91 Å². The van der Waals surface area contributed by atoms with E-state index in [0.717, 1.165) is 21.6 Å². The fourth-order valence-corrected chi connectivity index (χ4v) is 3.26. The summed E-state index contributed by atoms with van der Waals surface area (Å²) in [6.07, 6.45) is 0. The van der Waals surface area contributed by atoms with E-state index < -0.39 is 0 Å². The molecule has 0 spiro atoms. The molecule has 0 aliphatic rings. The highest BCUT2D eigenvalue weighted by Crippen LogP contribution is 2.26. The van der Waals surface area contributed by atoms with Crippen molar-refractivity contribution in [1.29, 1.82) is 0 Å². The third-order valence-corrected chi connectivity index (χ3v) is 4.43. The van der Waals surface area contributed by atoms with Gasteiger partial charge < -0.3 is 10.1 Å². The summed E-state index contributed by atoms with van der Waals surface area (Å²) in [6.45, 7) is 5.30. The molecule has 23 heavy (non-hydrogen) atoms. The van der Waals surface area contributed by atoms with E-state index >= 15 is 0 Å². The van der Waals surface area contributed by atoms with Crippen molar-refractivity contribution >= 4 is 17.7 Å². The van der Waals surface area contributed by atoms with Gasteiger partial charge in [-0.3, -0.25) is 4.79 Å². The average Bonchev–Trinajstić information content (AvgIpc) is 2.54. The molecule has 0 fully saturated rings. The van der Waals surface area contributed by atoms with Gasteiger partial charge in [-0.1, -0.05) is 50.2 Å². The van der Waals surface area contributed by atoms with Crippen molar-refractivity contribution in [3.05, 3.63) is 65.2 Å². The zero-order chi connectivity index (χ0) is 16.7. The summed E-state index contributed by atoms with van der Waals surface area (Å²) in [6, 6.07) is 15.7. The Hall–Kier alpha value is -1.78. The van der Waals surface area contributed by atoms with Crippen LogP contribution in [0.1, 0.15) is 35.3 Å². The molecule has 3 nitrogen and oxygen atoms in total. The molecule has 0 heterocycles. The summed E-state index contributed by atoms with van der Waals surface area (Å²) in [5.74, 6) is -0.0408. The lowest BCUT2D eigenvalue weighted by molar-refractivity contribution is 0.0947. The molecule has 0 atom stereocenters. The molecule has 0 radical (unpaired) electrons. The Balaban J connectivity index is 2.09. The Kier molecular flexibility index (Phi) is 6.68. The van der Waals surface area contributed by atoms with Crippen molar-refractivity contribution in [2.45, 2.75) is 37.1 Å². The lowest BCUT2D eigenvalue weighted by Crippen LogP contribution is -2.24. The van der Waals surface area contributed by atoms with Gasteiger partial charge in [-0.2, -0.15) is 0 Å². The number of carbonyl (C=O) groups is 1. The van der Waals surface area contributed by atoms with Crippen LogP contribution in [0, 0.1) is 0 Å². The van der Waals surface area contributed by atoms with Crippen molar-refractivity contribution in [1.82, 2.24) is 5.32 Å². The van der Waals surface area contributed by atoms with Crippen molar-refractivity contribution in [2.24, 2.45) is 0 Å². The van der Waals surface area contributed by atoms with Crippen LogP contribution in [0.3, 0.4) is 0 Å². The number of carbonyl (C=O) groups excluding carboxylic acids is 1. The molecular formula is C19H23NO2S. The largest absolute Gasteiger partial charge is 0.380 e. The predicted molar refractivity (Wildman–Crippen MR) is 95.8 cm³/mol. The maximum Gasteiger partial charge on any atom is 0.252 e. The molecule has 0 aromatic heterocycles. The predicted octanol–water partition coefficient (Wildman–Crippen LogP) is 4.26. The van der Waals surface area contributed by atoms with E-state index in [1.165, 1.54) is 0 Å². The number of methoxy groups -OCH3 is 1. The fraction of sp³-hybridized carbons (Fsp3) is 0.316. The van der Waals surface area contributed by atoms with Gasteiger partial charge in [0.15, 0.2) is 0 Å². The molecule has 1 amide bonds. The normalized spacial score (nSPS) is 10.8. The SMILES string of the molecule is COCc1ccccc1CNC(=O)c1ccccc1SC(C)C. The van der Waals surface area contributed by atoms with Gasteiger partial charge in [0.1, 0.15) is 0 Å². The third-order valence-electron chi connectivity index (χ3n) is 3.35. The van der Waals surface area contributed by atoms with Gasteiger partial charge in [-0.15, -0.1) is 11.8 Å². The van der Waals surface area contributed by atoms with Crippen LogP contribution in [0.25, 0.3) is 0 Å². The minimum absolute atomic E-state index is 0.0408. The van der Waals surface area contributed by atoms with Crippen LogP contribution in [0.2, 0.25) is 0 Å². The average molecular weight is 329 g/mol. The number of hydrogen-bond acceptors (Lipinski definition) is 3. The van der Waals surface area contributed by atoms with E-state index in [0.29, 0.717) is 18.4 Å². The van der Waals surface area contributed by atoms with Crippen LogP contribution in [0.15, 0.2) is 53.4 Å². The van der Waals surface area contributed by atoms with Crippen LogP contribution < -0.4 is 5.32 Å². The van der Waals surface area contributed by atoms with Crippen LogP contribution in [0.5, 0.6) is 0 Å². The molecule has 0 aliphatic carbocycles. The number of nitrogens with one attached hydrogen (secondary N) is 1. The van der Waals surface area contributed by atoms with Crippen molar-refractivity contribution in [3.63, 3.8) is 0 Å². The molecule has 4 heteroatoms. The van der Waals surface area contributed by atoms with Gasteiger partial charge in [0.2, 0.25) is 0 Å². The highest BCUT2D eigenvalue weighted by Gasteiger charge is 2.12. The van der Waals surface area contributed by atoms with E-state index in [4.69, 9.17) is 4.74 Å². The van der Waals surface area contributed by atoms with Crippen LogP contribution >= 0.6 is 11.8 Å². The zero-order valence-corrected chi connectivity index (χ0v) is 14.7. The minimum Gasteiger partial charge on any atom is -0.380 e. The first-order valence-corrected chi connectivity index (χ1v) is 8.59. The fourth-order valence-electron chi connectivity index (χ4n) is 2.31. The molecule has 0 aliphatic heterocycles. The first-order chi connectivity index (χ1) is 11.1. The summed E-state index contributed by atoms with van der Waals surface area (Å²) >= 11 is 1.71. The summed E-state index contributed by atoms with van der Waals surface area (Å²) in [4.78, 5) is 13.6. The van der Waals surface area contributed by atoms with E-state index in [2.05, 4.69) is 19.2 Å². The van der Waals surface area contributed by atoms with E-state index in [9.17, 15) is 4.79 Å². The molecule has 0 bridgehead atoms. The first kappa shape index (κ1) is 17.6. The van der Waals surface area contributed by atoms with Gasteiger partial charge >= 0.3 is 0 Å². The third kappa shape index (κ3) is 5.12. The molecule has 2 aromatic rings. The molecule has 0 saturated carbocycles. The van der Waals surface area contributed by atoms with Gasteiger partial charge in [0, 0.05) is 23.8 Å². The molecule has 122 valence electrons. The second-order valence-corrected chi connectivity index (χ2v) is 7.17. The highest BCUT2D eigenvalue weighted by atomic mass is 32.2. The summed E-state index contributed by atoms with van der Waals surface area (Å²) in [7, 11) is 1.68. The number of rotatable bonds is 7. The number of amides is 1. The van der Waals surface area contributed by atoms with Crippen LogP contribution in [-0.2, 0) is 17.9 Å². The van der Waals surface area contributed by atoms with Gasteiger partial charge in [-0.05, 0) is 23.3 Å². The molecule has 2 aromatic carbocycles. The second kappa shape index (κ2) is 8.75. The summed E-state index contributed by atoms with van der Waals surface area (Å²) in [5.41, 5.74) is 2.91. The molecular weight excluding hydrogens is 306 g/mol. The maximum atomic E-state index is 12.5. The maximum absolute atomic E-state index is 12.5. The topological polar surface area (TPSA) is 38.3 Å². The monoisotopic (exact) mass is 329 g/mol. The number of ether oxygens (including phenoxy) is 1. The quantitative estimate of drug-likeness (QED) is 0.771. The lowest BCUT2D eigenvalue weighted by Gasteiger charge is -2.13. The van der Waals surface area contributed by atoms with E-state index in [1.54, 1.807) is 18.9 Å². The zero-order valence-electron chi connectivity index (χ0n) is 13.8. The van der Waals surface area contributed by atoms with Crippen molar-refractivity contribution in [3.8, 4) is 0 Å². The Morgan fingerprint density at radius 2 is 1.74 bits per heavy atom. The summed E-state index contributed by atoms with van der Waals surface area (Å²) in [5, 5.41) is 3.46. The number of thioether (sulfide) groups is 1. The van der Waals surface area contributed by atoms with Crippen LogP contribution in [-0.4, -0.2) is 18.3 Å². The molecule has 1 N–H and O–H groups in total. The highest BCUT2D eigenvalue weighted by molar-refractivity contribution is 8.00. The molecule has 0 unspecified atom stereocenters. The molecule has 2 rings (SSSR count). The van der Waals surface area contributed by atoms with Crippen molar-refractivity contribution < 1.29 is 9.53 Å². The number of hydrogen-bond donors (Lipinski definition) is 1. The second-order valence-electron chi connectivity index (χ2n) is 5.55. The first-order valence-electron chi connectivity index (χ1n) is 7.71. The van der Waals surface area contributed by atoms with Gasteiger partial charge in [-0.25, -0.2) is 0 Å². The lowest BCUT2D eigenvalue weighted by atomic mass is 10.1. The molecule has 0 saturated heterocycles. The van der Waals surface area contributed by atoms with E-state index in [-0.39, 0.29) is 5.91 Å².